The molecular weight excluding hydrogens is 208 g/mol. The Morgan fingerprint density at radius 1 is 1.27 bits per heavy atom. The van der Waals surface area contributed by atoms with Gasteiger partial charge in [-0.05, 0) is 45.5 Å². The van der Waals surface area contributed by atoms with E-state index < -0.39 is 0 Å². The van der Waals surface area contributed by atoms with E-state index in [1.807, 2.05) is 30.8 Å². The smallest absolute Gasteiger partial charge is 0.0791 e. The van der Waals surface area contributed by atoms with E-state index in [0.29, 0.717) is 6.54 Å². The number of nitrogens with one attached hydrogen (secondary N) is 1. The second-order valence-electron chi connectivity index (χ2n) is 4.17. The van der Waals surface area contributed by atoms with E-state index in [1.165, 1.54) is 25.0 Å². The fourth-order valence-electron chi connectivity index (χ4n) is 1.43. The molecule has 0 aromatic heterocycles. The van der Waals surface area contributed by atoms with Crippen LogP contribution in [0.25, 0.3) is 0 Å². The molecule has 0 aliphatic heterocycles. The minimum absolute atomic E-state index is 0.244. The third kappa shape index (κ3) is 12.2. The van der Waals surface area contributed by atoms with Crippen molar-refractivity contribution >= 4 is 11.8 Å². The van der Waals surface area contributed by atoms with Crippen LogP contribution in [0, 0.1) is 0 Å². The Kier molecular flexibility index (Phi) is 10.9. The first-order valence-electron chi connectivity index (χ1n) is 5.69. The van der Waals surface area contributed by atoms with Gasteiger partial charge in [-0.3, -0.25) is 0 Å². The third-order valence-electron chi connectivity index (χ3n) is 2.16. The minimum atomic E-state index is -0.244. The lowest BCUT2D eigenvalue weighted by Crippen LogP contribution is -2.35. The third-order valence-corrected chi connectivity index (χ3v) is 2.85. The second kappa shape index (κ2) is 10.7. The van der Waals surface area contributed by atoms with Gasteiger partial charge in [0, 0.05) is 13.1 Å². The Morgan fingerprint density at radius 3 is 2.60 bits per heavy atom. The molecule has 92 valence electrons. The van der Waals surface area contributed by atoms with Crippen molar-refractivity contribution in [2.75, 3.05) is 45.7 Å². The lowest BCUT2D eigenvalue weighted by molar-refractivity contribution is 0.135. The Bertz CT molecular complexity index is 134. The van der Waals surface area contributed by atoms with Crippen LogP contribution in [-0.4, -0.2) is 61.8 Å². The van der Waals surface area contributed by atoms with Crippen LogP contribution in [0.15, 0.2) is 0 Å². The highest BCUT2D eigenvalue weighted by Crippen LogP contribution is 2.01. The maximum atomic E-state index is 9.55. The molecule has 0 fully saturated rings. The minimum Gasteiger partial charge on any atom is -0.390 e. The number of unbranched alkanes of at least 4 members (excludes halogenated alkanes) is 2. The molecule has 0 heterocycles. The molecule has 0 saturated carbocycles. The van der Waals surface area contributed by atoms with Crippen LogP contribution in [0.4, 0.5) is 0 Å². The summed E-state index contributed by atoms with van der Waals surface area (Å²) < 4.78 is 0. The van der Waals surface area contributed by atoms with Gasteiger partial charge in [-0.15, -0.1) is 0 Å². The molecule has 2 N–H and O–H groups in total. The van der Waals surface area contributed by atoms with Gasteiger partial charge in [0.2, 0.25) is 0 Å². The molecule has 1 unspecified atom stereocenters. The van der Waals surface area contributed by atoms with Crippen LogP contribution in [-0.2, 0) is 0 Å². The zero-order valence-electron chi connectivity index (χ0n) is 10.3. The molecule has 0 rings (SSSR count). The van der Waals surface area contributed by atoms with Gasteiger partial charge in [-0.2, -0.15) is 11.8 Å². The van der Waals surface area contributed by atoms with Gasteiger partial charge in [0.25, 0.3) is 0 Å². The van der Waals surface area contributed by atoms with E-state index in [4.69, 9.17) is 0 Å². The van der Waals surface area contributed by atoms with Crippen LogP contribution >= 0.6 is 11.8 Å². The number of aliphatic hydroxyl groups excluding tert-OH is 1. The van der Waals surface area contributed by atoms with E-state index >= 15 is 0 Å². The summed E-state index contributed by atoms with van der Waals surface area (Å²) in [5.74, 6) is 1.27. The van der Waals surface area contributed by atoms with Crippen LogP contribution in [0.3, 0.4) is 0 Å². The summed E-state index contributed by atoms with van der Waals surface area (Å²) in [4.78, 5) is 2.00. The van der Waals surface area contributed by atoms with Crippen LogP contribution in [0.1, 0.15) is 19.3 Å². The quantitative estimate of drug-likeness (QED) is 0.554. The predicted molar refractivity (Wildman–Crippen MR) is 69.7 cm³/mol. The second-order valence-corrected chi connectivity index (χ2v) is 5.16. The number of hydrogen-bond acceptors (Lipinski definition) is 4. The molecular formula is C11H26N2OS. The van der Waals surface area contributed by atoms with Gasteiger partial charge in [0.15, 0.2) is 0 Å². The van der Waals surface area contributed by atoms with Crippen LogP contribution in [0.2, 0.25) is 0 Å². The Labute approximate surface area is 98.6 Å². The van der Waals surface area contributed by atoms with Gasteiger partial charge >= 0.3 is 0 Å². The average molecular weight is 234 g/mol. The highest BCUT2D eigenvalue weighted by atomic mass is 32.2. The highest BCUT2D eigenvalue weighted by molar-refractivity contribution is 7.98. The number of hydrogen-bond donors (Lipinski definition) is 2. The summed E-state index contributed by atoms with van der Waals surface area (Å²) in [6, 6.07) is 0. The van der Waals surface area contributed by atoms with Crippen molar-refractivity contribution in [1.29, 1.82) is 0 Å². The zero-order chi connectivity index (χ0) is 11.5. The molecule has 1 atom stereocenters. The van der Waals surface area contributed by atoms with E-state index in [9.17, 15) is 5.11 Å². The number of thioether (sulfide) groups is 1. The zero-order valence-corrected chi connectivity index (χ0v) is 11.1. The molecule has 15 heavy (non-hydrogen) atoms. The first-order valence-corrected chi connectivity index (χ1v) is 7.08. The largest absolute Gasteiger partial charge is 0.390 e. The fourth-order valence-corrected chi connectivity index (χ4v) is 1.92. The van der Waals surface area contributed by atoms with Crippen molar-refractivity contribution in [1.82, 2.24) is 10.2 Å². The Balaban J connectivity index is 3.09. The monoisotopic (exact) mass is 234 g/mol. The maximum Gasteiger partial charge on any atom is 0.0791 e. The molecule has 0 aliphatic carbocycles. The SMILES string of the molecule is CSCCCCCNCC(O)CN(C)C. The molecule has 0 aromatic rings. The van der Waals surface area contributed by atoms with Crippen molar-refractivity contribution in [2.45, 2.75) is 25.4 Å². The summed E-state index contributed by atoms with van der Waals surface area (Å²) in [7, 11) is 3.96. The number of likely N-dealkylation sites (N-methyl/N-ethyl adjacent to an activating group) is 1. The predicted octanol–water partition coefficient (Wildman–Crippen LogP) is 1.03. The van der Waals surface area contributed by atoms with Crippen molar-refractivity contribution in [3.05, 3.63) is 0 Å². The van der Waals surface area contributed by atoms with Gasteiger partial charge in [0.05, 0.1) is 6.10 Å². The average Bonchev–Trinajstić information content (AvgIpc) is 2.15. The van der Waals surface area contributed by atoms with Gasteiger partial charge in [-0.1, -0.05) is 6.42 Å². The molecule has 0 aromatic carbocycles. The molecule has 0 saturated heterocycles. The maximum absolute atomic E-state index is 9.55. The van der Waals surface area contributed by atoms with E-state index in [2.05, 4.69) is 11.6 Å². The van der Waals surface area contributed by atoms with Crippen molar-refractivity contribution < 1.29 is 5.11 Å². The highest BCUT2D eigenvalue weighted by Gasteiger charge is 2.03. The standard InChI is InChI=1S/C11H26N2OS/c1-13(2)10-11(14)9-12-7-5-4-6-8-15-3/h11-12,14H,4-10H2,1-3H3. The van der Waals surface area contributed by atoms with E-state index in [-0.39, 0.29) is 6.10 Å². The summed E-state index contributed by atoms with van der Waals surface area (Å²) in [6.45, 7) is 2.47. The molecule has 0 aliphatic rings. The van der Waals surface area contributed by atoms with Gasteiger partial charge in [-0.25, -0.2) is 0 Å². The summed E-state index contributed by atoms with van der Waals surface area (Å²) >= 11 is 1.91. The first-order chi connectivity index (χ1) is 7.16. The molecule has 4 heteroatoms. The summed E-state index contributed by atoms with van der Waals surface area (Å²) in [5, 5.41) is 12.8. The molecule has 0 bridgehead atoms. The first kappa shape index (κ1) is 15.2. The molecule has 0 radical (unpaired) electrons. The lowest BCUT2D eigenvalue weighted by Gasteiger charge is -2.16. The van der Waals surface area contributed by atoms with E-state index in [1.54, 1.807) is 0 Å². The van der Waals surface area contributed by atoms with Crippen molar-refractivity contribution in [3.8, 4) is 0 Å². The lowest BCUT2D eigenvalue weighted by atomic mass is 10.2. The molecule has 0 amide bonds. The van der Waals surface area contributed by atoms with Gasteiger partial charge in [0.1, 0.15) is 0 Å². The number of rotatable bonds is 10. The van der Waals surface area contributed by atoms with Gasteiger partial charge < -0.3 is 15.3 Å². The number of nitrogens with zero attached hydrogens (tertiary/aromatic N) is 1. The van der Waals surface area contributed by atoms with Crippen molar-refractivity contribution in [3.63, 3.8) is 0 Å². The van der Waals surface area contributed by atoms with Crippen LogP contribution < -0.4 is 5.32 Å². The molecule has 3 nitrogen and oxygen atoms in total. The number of aliphatic hydroxyl groups is 1. The fraction of sp³-hybridized carbons (Fsp3) is 1.00. The summed E-state index contributed by atoms with van der Waals surface area (Å²) in [5.41, 5.74) is 0. The summed E-state index contributed by atoms with van der Waals surface area (Å²) in [6.07, 6.45) is 5.72. The van der Waals surface area contributed by atoms with Crippen molar-refractivity contribution in [2.24, 2.45) is 0 Å². The van der Waals surface area contributed by atoms with E-state index in [0.717, 1.165) is 13.1 Å². The Hall–Kier alpha value is 0.230. The van der Waals surface area contributed by atoms with Crippen LogP contribution in [0.5, 0.6) is 0 Å². The normalized spacial score (nSPS) is 13.4. The Morgan fingerprint density at radius 2 is 2.00 bits per heavy atom. The topological polar surface area (TPSA) is 35.5 Å². The molecule has 0 spiro atoms.